The minimum absolute atomic E-state index is 0.380. The maximum absolute atomic E-state index is 11.0. The molecule has 1 aliphatic rings. The minimum atomic E-state index is -0.380. The Balaban J connectivity index is 1.84. The summed E-state index contributed by atoms with van der Waals surface area (Å²) in [6, 6.07) is 7.44. The second-order valence-corrected chi connectivity index (χ2v) is 4.92. The van der Waals surface area contributed by atoms with Crippen LogP contribution in [0, 0.1) is 0 Å². The van der Waals surface area contributed by atoms with Gasteiger partial charge in [0.25, 0.3) is 0 Å². The Labute approximate surface area is 114 Å². The zero-order valence-electron chi connectivity index (χ0n) is 11.4. The number of primary amides is 1. The van der Waals surface area contributed by atoms with Crippen molar-refractivity contribution in [1.29, 1.82) is 0 Å². The van der Waals surface area contributed by atoms with Crippen LogP contribution in [0.2, 0.25) is 0 Å². The first-order valence-electron chi connectivity index (χ1n) is 6.71. The van der Waals surface area contributed by atoms with Crippen molar-refractivity contribution in [2.75, 3.05) is 51.2 Å². The van der Waals surface area contributed by atoms with E-state index in [0.29, 0.717) is 5.56 Å². The minimum Gasteiger partial charge on any atom is -0.373 e. The number of likely N-dealkylation sites (N-methyl/N-ethyl adjacent to an activating group) is 1. The van der Waals surface area contributed by atoms with Crippen LogP contribution in [0.25, 0.3) is 0 Å². The van der Waals surface area contributed by atoms with Gasteiger partial charge in [0.05, 0.1) is 0 Å². The highest BCUT2D eigenvalue weighted by Crippen LogP contribution is 2.13. The summed E-state index contributed by atoms with van der Waals surface area (Å²) in [5.41, 5.74) is 6.90. The van der Waals surface area contributed by atoms with E-state index in [1.54, 1.807) is 12.1 Å². The fourth-order valence-corrected chi connectivity index (χ4v) is 2.24. The molecule has 19 heavy (non-hydrogen) atoms. The van der Waals surface area contributed by atoms with Crippen LogP contribution in [0.1, 0.15) is 10.4 Å². The number of benzene rings is 1. The predicted octanol–water partition coefficient (Wildman–Crippen LogP) is 0.127. The molecule has 1 fully saturated rings. The summed E-state index contributed by atoms with van der Waals surface area (Å²) in [6.07, 6.45) is 0. The number of carbonyl (C=O) groups excluding carboxylic acids is 1. The molecule has 0 spiro atoms. The topological polar surface area (TPSA) is 61.6 Å². The number of rotatable bonds is 5. The van der Waals surface area contributed by atoms with Gasteiger partial charge in [0.1, 0.15) is 0 Å². The van der Waals surface area contributed by atoms with E-state index in [4.69, 9.17) is 5.73 Å². The summed E-state index contributed by atoms with van der Waals surface area (Å²) < 4.78 is 0. The molecule has 1 amide bonds. The lowest BCUT2D eigenvalue weighted by atomic mass is 10.2. The number of hydrogen-bond acceptors (Lipinski definition) is 4. The van der Waals surface area contributed by atoms with Crippen LogP contribution in [0.4, 0.5) is 5.69 Å². The summed E-state index contributed by atoms with van der Waals surface area (Å²) in [7, 11) is 2.07. The van der Waals surface area contributed by atoms with Crippen LogP contribution in [-0.4, -0.2) is 57.1 Å². The first-order valence-corrected chi connectivity index (χ1v) is 6.71. The van der Waals surface area contributed by atoms with Crippen molar-refractivity contribution in [1.82, 2.24) is 10.2 Å². The first kappa shape index (κ1) is 13.8. The molecule has 2 rings (SSSR count). The lowest BCUT2D eigenvalue weighted by Gasteiger charge is -2.29. The molecule has 5 nitrogen and oxygen atoms in total. The van der Waals surface area contributed by atoms with Gasteiger partial charge < -0.3 is 16.0 Å². The molecule has 5 heteroatoms. The Kier molecular flexibility index (Phi) is 4.76. The molecule has 0 radical (unpaired) electrons. The SMILES string of the molecule is CN(CCN1CCNCC1)c1ccc(C(N)=O)cc1. The second kappa shape index (κ2) is 6.54. The molecule has 1 saturated heterocycles. The van der Waals surface area contributed by atoms with Gasteiger partial charge in [-0.3, -0.25) is 9.69 Å². The Hall–Kier alpha value is -1.59. The second-order valence-electron chi connectivity index (χ2n) is 4.92. The van der Waals surface area contributed by atoms with E-state index < -0.39 is 0 Å². The van der Waals surface area contributed by atoms with Gasteiger partial charge in [-0.1, -0.05) is 0 Å². The quantitative estimate of drug-likeness (QED) is 0.791. The average molecular weight is 262 g/mol. The van der Waals surface area contributed by atoms with Gasteiger partial charge >= 0.3 is 0 Å². The van der Waals surface area contributed by atoms with Crippen LogP contribution >= 0.6 is 0 Å². The molecule has 0 bridgehead atoms. The molecule has 0 saturated carbocycles. The van der Waals surface area contributed by atoms with Crippen LogP contribution in [0.5, 0.6) is 0 Å². The molecule has 1 aromatic rings. The predicted molar refractivity (Wildman–Crippen MR) is 77.5 cm³/mol. The fraction of sp³-hybridized carbons (Fsp3) is 0.500. The molecule has 1 heterocycles. The van der Waals surface area contributed by atoms with E-state index >= 15 is 0 Å². The van der Waals surface area contributed by atoms with Crippen molar-refractivity contribution in [2.45, 2.75) is 0 Å². The Morgan fingerprint density at radius 1 is 1.32 bits per heavy atom. The molecule has 1 aliphatic heterocycles. The molecule has 1 aromatic carbocycles. The maximum atomic E-state index is 11.0. The lowest BCUT2D eigenvalue weighted by molar-refractivity contribution is 0.100. The summed E-state index contributed by atoms with van der Waals surface area (Å²) in [5, 5.41) is 3.35. The lowest BCUT2D eigenvalue weighted by Crippen LogP contribution is -2.46. The number of nitrogens with two attached hydrogens (primary N) is 1. The average Bonchev–Trinajstić information content (AvgIpc) is 2.46. The van der Waals surface area contributed by atoms with E-state index in [1.807, 2.05) is 12.1 Å². The number of amides is 1. The molecule has 104 valence electrons. The largest absolute Gasteiger partial charge is 0.373 e. The normalized spacial score (nSPS) is 16.3. The number of nitrogens with zero attached hydrogens (tertiary/aromatic N) is 2. The molecule has 0 atom stereocenters. The van der Waals surface area contributed by atoms with E-state index in [0.717, 1.165) is 45.0 Å². The van der Waals surface area contributed by atoms with Crippen molar-refractivity contribution in [2.24, 2.45) is 5.73 Å². The first-order chi connectivity index (χ1) is 9.16. The molecular weight excluding hydrogens is 240 g/mol. The summed E-state index contributed by atoms with van der Waals surface area (Å²) in [4.78, 5) is 15.7. The smallest absolute Gasteiger partial charge is 0.248 e. The molecule has 0 unspecified atom stereocenters. The molecular formula is C14H22N4O. The van der Waals surface area contributed by atoms with Gasteiger partial charge in [-0.05, 0) is 24.3 Å². The zero-order valence-corrected chi connectivity index (χ0v) is 11.4. The van der Waals surface area contributed by atoms with Gasteiger partial charge in [-0.2, -0.15) is 0 Å². The number of anilines is 1. The Bertz CT molecular complexity index is 412. The van der Waals surface area contributed by atoms with Gasteiger partial charge in [-0.15, -0.1) is 0 Å². The van der Waals surface area contributed by atoms with Gasteiger partial charge in [0.15, 0.2) is 0 Å². The van der Waals surface area contributed by atoms with Crippen molar-refractivity contribution in [3.63, 3.8) is 0 Å². The van der Waals surface area contributed by atoms with Crippen molar-refractivity contribution >= 4 is 11.6 Å². The monoisotopic (exact) mass is 262 g/mol. The molecule has 3 N–H and O–H groups in total. The summed E-state index contributed by atoms with van der Waals surface area (Å²) in [6.45, 7) is 6.45. The van der Waals surface area contributed by atoms with Gasteiger partial charge in [0.2, 0.25) is 5.91 Å². The van der Waals surface area contributed by atoms with Crippen molar-refractivity contribution in [3.05, 3.63) is 29.8 Å². The van der Waals surface area contributed by atoms with Crippen LogP contribution in [0.3, 0.4) is 0 Å². The zero-order chi connectivity index (χ0) is 13.7. The van der Waals surface area contributed by atoms with Crippen molar-refractivity contribution < 1.29 is 4.79 Å². The molecule has 0 aliphatic carbocycles. The Morgan fingerprint density at radius 3 is 2.53 bits per heavy atom. The van der Waals surface area contributed by atoms with E-state index in [1.165, 1.54) is 0 Å². The third-order valence-corrected chi connectivity index (χ3v) is 3.55. The van der Waals surface area contributed by atoms with Crippen LogP contribution in [-0.2, 0) is 0 Å². The van der Waals surface area contributed by atoms with E-state index in [9.17, 15) is 4.79 Å². The maximum Gasteiger partial charge on any atom is 0.248 e. The summed E-state index contributed by atoms with van der Waals surface area (Å²) >= 11 is 0. The highest BCUT2D eigenvalue weighted by molar-refractivity contribution is 5.93. The number of carbonyl (C=O) groups is 1. The fourth-order valence-electron chi connectivity index (χ4n) is 2.24. The Morgan fingerprint density at radius 2 is 1.95 bits per heavy atom. The van der Waals surface area contributed by atoms with Gasteiger partial charge in [0, 0.05) is 57.6 Å². The van der Waals surface area contributed by atoms with E-state index in [2.05, 4.69) is 22.2 Å². The number of nitrogens with one attached hydrogen (secondary N) is 1. The van der Waals surface area contributed by atoms with Crippen LogP contribution < -0.4 is 16.0 Å². The molecule has 0 aromatic heterocycles. The summed E-state index contributed by atoms with van der Waals surface area (Å²) in [5.74, 6) is -0.380. The number of piperazine rings is 1. The van der Waals surface area contributed by atoms with Gasteiger partial charge in [-0.25, -0.2) is 0 Å². The third kappa shape index (κ3) is 3.94. The van der Waals surface area contributed by atoms with E-state index in [-0.39, 0.29) is 5.91 Å². The standard InChI is InChI=1S/C14H22N4O/c1-17(10-11-18-8-6-16-7-9-18)13-4-2-12(3-5-13)14(15)19/h2-5,16H,6-11H2,1H3,(H2,15,19). The highest BCUT2D eigenvalue weighted by Gasteiger charge is 2.10. The highest BCUT2D eigenvalue weighted by atomic mass is 16.1. The van der Waals surface area contributed by atoms with Crippen molar-refractivity contribution in [3.8, 4) is 0 Å². The van der Waals surface area contributed by atoms with Crippen LogP contribution in [0.15, 0.2) is 24.3 Å². The number of hydrogen-bond donors (Lipinski definition) is 2. The third-order valence-electron chi connectivity index (χ3n) is 3.55.